The number of aromatic nitrogens is 2. The van der Waals surface area contributed by atoms with Gasteiger partial charge in [0.2, 0.25) is 0 Å². The summed E-state index contributed by atoms with van der Waals surface area (Å²) in [5, 5.41) is 14.3. The Hall–Kier alpha value is -2.55. The fraction of sp³-hybridized carbons (Fsp3) is 0.167. The molecule has 1 N–H and O–H groups in total. The zero-order valence-electron chi connectivity index (χ0n) is 11.7. The van der Waals surface area contributed by atoms with Gasteiger partial charge in [-0.05, 0) is 55.7 Å². The highest BCUT2D eigenvalue weighted by atomic mass is 16.3. The molecule has 104 valence electrons. The Bertz CT molecular complexity index is 773. The van der Waals surface area contributed by atoms with Crippen LogP contribution in [-0.4, -0.2) is 14.9 Å². The first-order chi connectivity index (χ1) is 10.3. The van der Waals surface area contributed by atoms with Crippen molar-refractivity contribution in [1.29, 1.82) is 0 Å². The molecule has 0 saturated heterocycles. The number of para-hydroxylation sites is 1. The Labute approximate surface area is 123 Å². The lowest BCUT2D eigenvalue weighted by Crippen LogP contribution is -2.00. The van der Waals surface area contributed by atoms with Crippen molar-refractivity contribution in [3.05, 3.63) is 65.9 Å². The molecule has 3 nitrogen and oxygen atoms in total. The first-order valence-electron chi connectivity index (χ1n) is 7.28. The minimum Gasteiger partial charge on any atom is -0.508 e. The molecule has 2 aromatic carbocycles. The molecule has 3 heteroatoms. The molecule has 0 fully saturated rings. The van der Waals surface area contributed by atoms with Crippen molar-refractivity contribution in [3.8, 4) is 22.7 Å². The third-order valence-electron chi connectivity index (χ3n) is 4.05. The van der Waals surface area contributed by atoms with Crippen molar-refractivity contribution in [1.82, 2.24) is 9.78 Å². The maximum absolute atomic E-state index is 9.51. The van der Waals surface area contributed by atoms with E-state index in [1.807, 2.05) is 35.0 Å². The van der Waals surface area contributed by atoms with Gasteiger partial charge in [0.15, 0.2) is 0 Å². The summed E-state index contributed by atoms with van der Waals surface area (Å²) < 4.78 is 2.04. The van der Waals surface area contributed by atoms with Gasteiger partial charge in [0, 0.05) is 11.1 Å². The number of aryl methyl sites for hydroxylation is 1. The van der Waals surface area contributed by atoms with E-state index in [0.717, 1.165) is 29.8 Å². The molecule has 0 aliphatic heterocycles. The third kappa shape index (κ3) is 2.02. The second-order valence-corrected chi connectivity index (χ2v) is 5.42. The summed E-state index contributed by atoms with van der Waals surface area (Å²) >= 11 is 0. The van der Waals surface area contributed by atoms with Crippen LogP contribution in [0, 0.1) is 0 Å². The smallest absolute Gasteiger partial charge is 0.115 e. The molecule has 0 atom stereocenters. The highest BCUT2D eigenvalue weighted by Gasteiger charge is 2.23. The molecule has 1 aliphatic rings. The third-order valence-corrected chi connectivity index (χ3v) is 4.05. The largest absolute Gasteiger partial charge is 0.508 e. The Morgan fingerprint density at radius 3 is 2.43 bits per heavy atom. The number of phenolic OH excluding ortho intramolecular Hbond substituents is 1. The molecular weight excluding hydrogens is 260 g/mol. The molecule has 1 aliphatic carbocycles. The first-order valence-corrected chi connectivity index (χ1v) is 7.28. The Morgan fingerprint density at radius 1 is 0.905 bits per heavy atom. The van der Waals surface area contributed by atoms with Crippen LogP contribution in [0.3, 0.4) is 0 Å². The van der Waals surface area contributed by atoms with E-state index in [9.17, 15) is 5.11 Å². The molecule has 0 saturated carbocycles. The zero-order chi connectivity index (χ0) is 14.2. The van der Waals surface area contributed by atoms with Gasteiger partial charge < -0.3 is 5.11 Å². The van der Waals surface area contributed by atoms with E-state index in [-0.39, 0.29) is 0 Å². The van der Waals surface area contributed by atoms with E-state index >= 15 is 0 Å². The van der Waals surface area contributed by atoms with E-state index in [1.165, 1.54) is 17.7 Å². The Kier molecular flexibility index (Phi) is 2.78. The number of fused-ring (bicyclic) bond motifs is 1. The van der Waals surface area contributed by atoms with Gasteiger partial charge in [0.1, 0.15) is 5.75 Å². The number of nitrogens with zero attached hydrogens (tertiary/aromatic N) is 2. The number of aromatic hydroxyl groups is 1. The van der Waals surface area contributed by atoms with Crippen molar-refractivity contribution in [3.63, 3.8) is 0 Å². The van der Waals surface area contributed by atoms with Crippen molar-refractivity contribution in [2.24, 2.45) is 0 Å². The van der Waals surface area contributed by atoms with Crippen LogP contribution in [0.4, 0.5) is 0 Å². The van der Waals surface area contributed by atoms with Crippen LogP contribution < -0.4 is 0 Å². The van der Waals surface area contributed by atoms with E-state index in [4.69, 9.17) is 5.10 Å². The maximum Gasteiger partial charge on any atom is 0.115 e. The fourth-order valence-corrected chi connectivity index (χ4v) is 3.06. The molecular formula is C18H16N2O. The van der Waals surface area contributed by atoms with Crippen LogP contribution in [0.1, 0.15) is 17.7 Å². The normalized spacial score (nSPS) is 13.3. The average molecular weight is 276 g/mol. The fourth-order valence-electron chi connectivity index (χ4n) is 3.06. The van der Waals surface area contributed by atoms with Gasteiger partial charge in [-0.25, -0.2) is 4.68 Å². The Balaban J connectivity index is 1.94. The minimum absolute atomic E-state index is 0.293. The van der Waals surface area contributed by atoms with Crippen LogP contribution in [0.25, 0.3) is 16.9 Å². The lowest BCUT2D eigenvalue weighted by molar-refractivity contribution is 0.475. The molecule has 0 radical (unpaired) electrons. The van der Waals surface area contributed by atoms with Crippen LogP contribution >= 0.6 is 0 Å². The van der Waals surface area contributed by atoms with E-state index in [0.29, 0.717) is 5.75 Å². The van der Waals surface area contributed by atoms with E-state index in [2.05, 4.69) is 12.1 Å². The molecule has 4 rings (SSSR count). The number of hydrogen-bond acceptors (Lipinski definition) is 2. The molecule has 0 amide bonds. The zero-order valence-corrected chi connectivity index (χ0v) is 11.7. The van der Waals surface area contributed by atoms with Crippen LogP contribution in [0.2, 0.25) is 0 Å². The summed E-state index contributed by atoms with van der Waals surface area (Å²) in [5.41, 5.74) is 5.91. The highest BCUT2D eigenvalue weighted by Crippen LogP contribution is 2.34. The summed E-state index contributed by atoms with van der Waals surface area (Å²) in [4.78, 5) is 0. The predicted octanol–water partition coefficient (Wildman–Crippen LogP) is 3.73. The molecule has 0 spiro atoms. The van der Waals surface area contributed by atoms with E-state index in [1.54, 1.807) is 12.1 Å². The monoisotopic (exact) mass is 276 g/mol. The summed E-state index contributed by atoms with van der Waals surface area (Å²) in [6.07, 6.45) is 3.32. The molecule has 1 heterocycles. The molecule has 0 bridgehead atoms. The van der Waals surface area contributed by atoms with Gasteiger partial charge in [0.05, 0.1) is 17.1 Å². The van der Waals surface area contributed by atoms with Gasteiger partial charge in [-0.2, -0.15) is 5.10 Å². The van der Waals surface area contributed by atoms with Crippen molar-refractivity contribution >= 4 is 0 Å². The van der Waals surface area contributed by atoms with Gasteiger partial charge in [-0.15, -0.1) is 0 Å². The van der Waals surface area contributed by atoms with Gasteiger partial charge in [-0.1, -0.05) is 18.2 Å². The minimum atomic E-state index is 0.293. The van der Waals surface area contributed by atoms with Crippen LogP contribution in [-0.2, 0) is 12.8 Å². The Morgan fingerprint density at radius 2 is 1.67 bits per heavy atom. The lowest BCUT2D eigenvalue weighted by Gasteiger charge is -2.10. The topological polar surface area (TPSA) is 38.1 Å². The predicted molar refractivity (Wildman–Crippen MR) is 82.7 cm³/mol. The van der Waals surface area contributed by atoms with Gasteiger partial charge in [-0.3, -0.25) is 0 Å². The van der Waals surface area contributed by atoms with Crippen molar-refractivity contribution < 1.29 is 5.11 Å². The average Bonchev–Trinajstić information content (AvgIpc) is 3.10. The molecule has 3 aromatic rings. The number of phenols is 1. The second kappa shape index (κ2) is 4.77. The maximum atomic E-state index is 9.51. The quantitative estimate of drug-likeness (QED) is 0.774. The first kappa shape index (κ1) is 12.2. The standard InChI is InChI=1S/C18H16N2O/c21-15-11-9-13(10-12-15)18-16-7-4-8-17(16)19-20(18)14-5-2-1-3-6-14/h1-3,5-6,9-12,21H,4,7-8H2. The summed E-state index contributed by atoms with van der Waals surface area (Å²) in [5.74, 6) is 0.293. The second-order valence-electron chi connectivity index (χ2n) is 5.42. The highest BCUT2D eigenvalue weighted by molar-refractivity contribution is 5.68. The summed E-state index contributed by atoms with van der Waals surface area (Å²) in [7, 11) is 0. The van der Waals surface area contributed by atoms with Gasteiger partial charge >= 0.3 is 0 Å². The number of hydrogen-bond donors (Lipinski definition) is 1. The number of benzene rings is 2. The summed E-state index contributed by atoms with van der Waals surface area (Å²) in [6.45, 7) is 0. The molecule has 21 heavy (non-hydrogen) atoms. The lowest BCUT2D eigenvalue weighted by atomic mass is 10.1. The SMILES string of the molecule is Oc1ccc(-c2c3c(nn2-c2ccccc2)CCC3)cc1. The van der Waals surface area contributed by atoms with Crippen LogP contribution in [0.15, 0.2) is 54.6 Å². The number of rotatable bonds is 2. The van der Waals surface area contributed by atoms with Crippen molar-refractivity contribution in [2.45, 2.75) is 19.3 Å². The molecule has 1 aromatic heterocycles. The van der Waals surface area contributed by atoms with Crippen molar-refractivity contribution in [2.75, 3.05) is 0 Å². The van der Waals surface area contributed by atoms with E-state index < -0.39 is 0 Å². The van der Waals surface area contributed by atoms with Gasteiger partial charge in [0.25, 0.3) is 0 Å². The molecule has 0 unspecified atom stereocenters. The summed E-state index contributed by atoms with van der Waals surface area (Å²) in [6, 6.07) is 17.6. The van der Waals surface area contributed by atoms with Crippen LogP contribution in [0.5, 0.6) is 5.75 Å².